The fourth-order valence-corrected chi connectivity index (χ4v) is 3.46. The highest BCUT2D eigenvalue weighted by Gasteiger charge is 2.42. The van der Waals surface area contributed by atoms with Crippen LogP contribution in [0.3, 0.4) is 0 Å². The Bertz CT molecular complexity index is 696. The molecular weight excluding hydrogens is 360 g/mol. The molecule has 0 heterocycles. The highest BCUT2D eigenvalue weighted by Crippen LogP contribution is 2.32. The third kappa shape index (κ3) is 5.71. The van der Waals surface area contributed by atoms with Gasteiger partial charge in [0.1, 0.15) is 11.3 Å². The zero-order chi connectivity index (χ0) is 20.6. The molecule has 1 saturated carbocycles. The summed E-state index contributed by atoms with van der Waals surface area (Å²) in [6.45, 7) is 4.74. The van der Waals surface area contributed by atoms with Gasteiger partial charge in [0.2, 0.25) is 5.91 Å². The van der Waals surface area contributed by atoms with Crippen molar-refractivity contribution >= 4 is 17.8 Å². The van der Waals surface area contributed by atoms with Crippen LogP contribution in [0.15, 0.2) is 24.3 Å². The largest absolute Gasteiger partial charge is 0.493 e. The van der Waals surface area contributed by atoms with E-state index in [2.05, 4.69) is 17.6 Å². The molecule has 7 nitrogen and oxygen atoms in total. The molecule has 0 aromatic heterocycles. The van der Waals surface area contributed by atoms with Crippen LogP contribution in [0.4, 0.5) is 0 Å². The lowest BCUT2D eigenvalue weighted by molar-refractivity contribution is -0.149. The third-order valence-corrected chi connectivity index (χ3v) is 5.21. The molecule has 2 amide bonds. The summed E-state index contributed by atoms with van der Waals surface area (Å²) in [6, 6.07) is 6.99. The summed E-state index contributed by atoms with van der Waals surface area (Å²) >= 11 is 0. The molecule has 0 spiro atoms. The maximum Gasteiger partial charge on any atom is 0.329 e. The van der Waals surface area contributed by atoms with Crippen LogP contribution in [0.2, 0.25) is 0 Å². The summed E-state index contributed by atoms with van der Waals surface area (Å²) in [4.78, 5) is 36.2. The number of hydrogen-bond donors (Lipinski definition) is 3. The van der Waals surface area contributed by atoms with Gasteiger partial charge >= 0.3 is 5.97 Å². The van der Waals surface area contributed by atoms with E-state index in [1.807, 2.05) is 6.92 Å². The highest BCUT2D eigenvalue weighted by atomic mass is 16.5. The lowest BCUT2D eigenvalue weighted by Gasteiger charge is -2.36. The van der Waals surface area contributed by atoms with Gasteiger partial charge in [0, 0.05) is 13.0 Å². The van der Waals surface area contributed by atoms with E-state index in [-0.39, 0.29) is 18.2 Å². The summed E-state index contributed by atoms with van der Waals surface area (Å²) in [7, 11) is 0. The number of carboxylic acid groups (broad SMARTS) is 1. The summed E-state index contributed by atoms with van der Waals surface area (Å²) in [6.07, 6.45) is 3.10. The first-order valence-corrected chi connectivity index (χ1v) is 9.92. The fourth-order valence-electron chi connectivity index (χ4n) is 3.46. The number of benzene rings is 1. The zero-order valence-electron chi connectivity index (χ0n) is 16.6. The number of hydrogen-bond acceptors (Lipinski definition) is 4. The van der Waals surface area contributed by atoms with Gasteiger partial charge in [-0.25, -0.2) is 4.79 Å². The molecule has 7 heteroatoms. The molecule has 0 radical (unpaired) electrons. The molecule has 0 bridgehead atoms. The van der Waals surface area contributed by atoms with Crippen LogP contribution in [0.25, 0.3) is 0 Å². The minimum atomic E-state index is -1.15. The van der Waals surface area contributed by atoms with Crippen LogP contribution in [0.1, 0.15) is 62.7 Å². The number of aliphatic carboxylic acids is 1. The van der Waals surface area contributed by atoms with Gasteiger partial charge in [-0.05, 0) is 57.1 Å². The number of para-hydroxylation sites is 1. The Morgan fingerprint density at radius 1 is 1.21 bits per heavy atom. The molecule has 154 valence electrons. The summed E-state index contributed by atoms with van der Waals surface area (Å²) in [5.74, 6) is -0.503. The number of carbonyl (C=O) groups is 3. The van der Waals surface area contributed by atoms with Gasteiger partial charge in [-0.15, -0.1) is 0 Å². The van der Waals surface area contributed by atoms with E-state index in [1.54, 1.807) is 24.3 Å². The number of rotatable bonds is 9. The maximum atomic E-state index is 12.3. The Hall–Kier alpha value is -2.57. The van der Waals surface area contributed by atoms with Crippen molar-refractivity contribution in [2.45, 2.75) is 57.9 Å². The van der Waals surface area contributed by atoms with Gasteiger partial charge in [-0.2, -0.15) is 0 Å². The van der Waals surface area contributed by atoms with Crippen molar-refractivity contribution < 1.29 is 24.2 Å². The SMILES string of the molecule is CCOc1ccccc1C(=O)NCCCC(=O)NC1(C(=O)O)CCC(C)CC1. The standard InChI is InChI=1S/C21H30N2O5/c1-3-28-17-8-5-4-7-16(17)19(25)22-14-6-9-18(24)23-21(20(26)27)12-10-15(2)11-13-21/h4-5,7-8,15H,3,6,9-14H2,1-2H3,(H,22,25)(H,23,24)(H,26,27). The van der Waals surface area contributed by atoms with Gasteiger partial charge in [0.25, 0.3) is 5.91 Å². The van der Waals surface area contributed by atoms with Crippen molar-refractivity contribution in [2.75, 3.05) is 13.2 Å². The van der Waals surface area contributed by atoms with Crippen LogP contribution in [0, 0.1) is 5.92 Å². The Kier molecular flexibility index (Phi) is 7.84. The average molecular weight is 390 g/mol. The normalized spacial score (nSPS) is 21.6. The van der Waals surface area contributed by atoms with Gasteiger partial charge in [0.05, 0.1) is 12.2 Å². The number of amides is 2. The lowest BCUT2D eigenvalue weighted by atomic mass is 9.77. The summed E-state index contributed by atoms with van der Waals surface area (Å²) < 4.78 is 5.45. The van der Waals surface area contributed by atoms with Crippen molar-refractivity contribution in [3.05, 3.63) is 29.8 Å². The second-order valence-electron chi connectivity index (χ2n) is 7.41. The molecule has 28 heavy (non-hydrogen) atoms. The van der Waals surface area contributed by atoms with E-state index in [4.69, 9.17) is 4.74 Å². The van der Waals surface area contributed by atoms with E-state index in [0.717, 1.165) is 12.8 Å². The zero-order valence-corrected chi connectivity index (χ0v) is 16.6. The molecule has 0 aliphatic heterocycles. The van der Waals surface area contributed by atoms with E-state index >= 15 is 0 Å². The minimum absolute atomic E-state index is 0.165. The second-order valence-corrected chi connectivity index (χ2v) is 7.41. The lowest BCUT2D eigenvalue weighted by Crippen LogP contribution is -2.56. The second kappa shape index (κ2) is 10.1. The van der Waals surface area contributed by atoms with Crippen molar-refractivity contribution in [1.29, 1.82) is 0 Å². The number of nitrogens with one attached hydrogen (secondary N) is 2. The first-order chi connectivity index (χ1) is 13.4. The fraction of sp³-hybridized carbons (Fsp3) is 0.571. The number of carbonyl (C=O) groups excluding carboxylic acids is 2. The van der Waals surface area contributed by atoms with Crippen LogP contribution >= 0.6 is 0 Å². The molecule has 1 aromatic carbocycles. The number of carboxylic acids is 1. The van der Waals surface area contributed by atoms with Gasteiger partial charge < -0.3 is 20.5 Å². The summed E-state index contributed by atoms with van der Waals surface area (Å²) in [5.41, 5.74) is -0.696. The Morgan fingerprint density at radius 3 is 2.54 bits per heavy atom. The topological polar surface area (TPSA) is 105 Å². The van der Waals surface area contributed by atoms with Crippen molar-refractivity contribution in [1.82, 2.24) is 10.6 Å². The van der Waals surface area contributed by atoms with Gasteiger partial charge in [-0.1, -0.05) is 19.1 Å². The number of ether oxygens (including phenoxy) is 1. The molecule has 3 N–H and O–H groups in total. The molecule has 0 saturated heterocycles. The first kappa shape index (κ1) is 21.7. The summed E-state index contributed by atoms with van der Waals surface area (Å²) in [5, 5.41) is 15.1. The third-order valence-electron chi connectivity index (χ3n) is 5.21. The predicted molar refractivity (Wildman–Crippen MR) is 105 cm³/mol. The molecule has 1 aliphatic rings. The van der Waals surface area contributed by atoms with Gasteiger partial charge in [0.15, 0.2) is 0 Å². The average Bonchev–Trinajstić information content (AvgIpc) is 2.67. The van der Waals surface area contributed by atoms with Gasteiger partial charge in [-0.3, -0.25) is 9.59 Å². The Balaban J connectivity index is 1.79. The molecular formula is C21H30N2O5. The van der Waals surface area contributed by atoms with Crippen LogP contribution < -0.4 is 15.4 Å². The molecule has 2 rings (SSSR count). The first-order valence-electron chi connectivity index (χ1n) is 9.92. The molecule has 1 aromatic rings. The van der Waals surface area contributed by atoms with Crippen molar-refractivity contribution in [2.24, 2.45) is 5.92 Å². The van der Waals surface area contributed by atoms with Crippen LogP contribution in [0.5, 0.6) is 5.75 Å². The van der Waals surface area contributed by atoms with Crippen LogP contribution in [-0.4, -0.2) is 41.6 Å². The monoisotopic (exact) mass is 390 g/mol. The Labute approximate surface area is 165 Å². The van der Waals surface area contributed by atoms with Crippen LogP contribution in [-0.2, 0) is 9.59 Å². The van der Waals surface area contributed by atoms with E-state index in [0.29, 0.717) is 49.6 Å². The smallest absolute Gasteiger partial charge is 0.329 e. The quantitative estimate of drug-likeness (QED) is 0.563. The highest BCUT2D eigenvalue weighted by molar-refractivity contribution is 5.96. The maximum absolute atomic E-state index is 12.3. The molecule has 1 fully saturated rings. The van der Waals surface area contributed by atoms with E-state index in [9.17, 15) is 19.5 Å². The predicted octanol–water partition coefficient (Wildman–Crippen LogP) is 2.75. The Morgan fingerprint density at radius 2 is 1.89 bits per heavy atom. The van der Waals surface area contributed by atoms with E-state index in [1.165, 1.54) is 0 Å². The van der Waals surface area contributed by atoms with E-state index < -0.39 is 11.5 Å². The minimum Gasteiger partial charge on any atom is -0.493 e. The molecule has 0 unspecified atom stereocenters. The van der Waals surface area contributed by atoms with Crippen molar-refractivity contribution in [3.8, 4) is 5.75 Å². The molecule has 1 aliphatic carbocycles. The molecule has 0 atom stereocenters. The van der Waals surface area contributed by atoms with Crippen molar-refractivity contribution in [3.63, 3.8) is 0 Å².